The zero-order valence-electron chi connectivity index (χ0n) is 9.32. The molecule has 0 amide bonds. The molecule has 0 spiro atoms. The third-order valence-electron chi connectivity index (χ3n) is 1.86. The summed E-state index contributed by atoms with van der Waals surface area (Å²) in [4.78, 5) is 11.3. The Labute approximate surface area is 94.1 Å². The molecule has 4 nitrogen and oxygen atoms in total. The van der Waals surface area contributed by atoms with Crippen molar-refractivity contribution in [3.63, 3.8) is 0 Å². The van der Waals surface area contributed by atoms with Gasteiger partial charge in [-0.3, -0.25) is 0 Å². The number of rotatable bonds is 4. The minimum absolute atomic E-state index is 0.0849. The monoisotopic (exact) mass is 222 g/mol. The molecule has 0 unspecified atom stereocenters. The smallest absolute Gasteiger partial charge is 0.341 e. The van der Waals surface area contributed by atoms with Gasteiger partial charge in [-0.25, -0.2) is 4.79 Å². The lowest BCUT2D eigenvalue weighted by molar-refractivity contribution is 0.0597. The third kappa shape index (κ3) is 3.02. The fraction of sp³-hybridized carbons (Fsp3) is 0.250. The molecule has 0 fully saturated rings. The number of benzene rings is 1. The van der Waals surface area contributed by atoms with Crippen molar-refractivity contribution in [3.8, 4) is 11.5 Å². The number of esters is 1. The Kier molecular flexibility index (Phi) is 3.94. The Balaban J connectivity index is 2.89. The highest BCUT2D eigenvalue weighted by molar-refractivity contribution is 5.92. The Hall–Kier alpha value is -1.97. The zero-order chi connectivity index (χ0) is 12.1. The summed E-state index contributed by atoms with van der Waals surface area (Å²) in [5, 5.41) is 9.44. The van der Waals surface area contributed by atoms with Gasteiger partial charge in [0.1, 0.15) is 23.7 Å². The van der Waals surface area contributed by atoms with Crippen molar-refractivity contribution in [2.24, 2.45) is 0 Å². The number of phenolic OH excluding ortho intramolecular Hbond substituents is 1. The normalized spacial score (nSPS) is 9.62. The van der Waals surface area contributed by atoms with Crippen LogP contribution in [0.25, 0.3) is 0 Å². The fourth-order valence-corrected chi connectivity index (χ4v) is 1.08. The predicted molar refractivity (Wildman–Crippen MR) is 59.8 cm³/mol. The largest absolute Gasteiger partial charge is 0.507 e. The van der Waals surface area contributed by atoms with E-state index in [0.29, 0.717) is 12.4 Å². The summed E-state index contributed by atoms with van der Waals surface area (Å²) in [7, 11) is 1.25. The molecule has 0 saturated carbocycles. The van der Waals surface area contributed by atoms with Crippen LogP contribution in [0.15, 0.2) is 30.4 Å². The average molecular weight is 222 g/mol. The molecule has 0 saturated heterocycles. The van der Waals surface area contributed by atoms with Crippen molar-refractivity contribution in [1.29, 1.82) is 0 Å². The zero-order valence-corrected chi connectivity index (χ0v) is 9.32. The summed E-state index contributed by atoms with van der Waals surface area (Å²) < 4.78 is 9.86. The number of methoxy groups -OCH3 is 1. The van der Waals surface area contributed by atoms with E-state index in [1.807, 2.05) is 6.92 Å². The second-order valence-corrected chi connectivity index (χ2v) is 3.42. The summed E-state index contributed by atoms with van der Waals surface area (Å²) >= 11 is 0. The van der Waals surface area contributed by atoms with E-state index in [4.69, 9.17) is 4.74 Å². The molecular formula is C12H14O4. The third-order valence-corrected chi connectivity index (χ3v) is 1.86. The van der Waals surface area contributed by atoms with Crippen molar-refractivity contribution in [1.82, 2.24) is 0 Å². The number of carbonyl (C=O) groups excluding carboxylic acids is 1. The second-order valence-electron chi connectivity index (χ2n) is 3.42. The first-order chi connectivity index (χ1) is 7.54. The Morgan fingerprint density at radius 2 is 2.19 bits per heavy atom. The van der Waals surface area contributed by atoms with E-state index in [9.17, 15) is 9.90 Å². The second kappa shape index (κ2) is 5.21. The summed E-state index contributed by atoms with van der Waals surface area (Å²) in [6.07, 6.45) is 0. The van der Waals surface area contributed by atoms with Crippen LogP contribution in [0.1, 0.15) is 17.3 Å². The van der Waals surface area contributed by atoms with Crippen molar-refractivity contribution in [3.05, 3.63) is 35.9 Å². The molecule has 0 atom stereocenters. The van der Waals surface area contributed by atoms with E-state index >= 15 is 0 Å². The molecule has 0 aromatic heterocycles. The number of hydrogen-bond acceptors (Lipinski definition) is 4. The van der Waals surface area contributed by atoms with Gasteiger partial charge < -0.3 is 14.6 Å². The summed E-state index contributed by atoms with van der Waals surface area (Å²) in [6.45, 7) is 5.90. The van der Waals surface area contributed by atoms with E-state index in [-0.39, 0.29) is 11.3 Å². The lowest BCUT2D eigenvalue weighted by atomic mass is 10.2. The van der Waals surface area contributed by atoms with Crippen LogP contribution in [0.2, 0.25) is 0 Å². The van der Waals surface area contributed by atoms with Crippen molar-refractivity contribution >= 4 is 5.97 Å². The standard InChI is InChI=1S/C12H14O4/c1-8(2)7-16-9-4-5-11(13)10(6-9)12(14)15-3/h4-6,13H,1,7H2,2-3H3. The van der Waals surface area contributed by atoms with Gasteiger partial charge in [0, 0.05) is 0 Å². The maximum Gasteiger partial charge on any atom is 0.341 e. The number of hydrogen-bond donors (Lipinski definition) is 1. The first-order valence-electron chi connectivity index (χ1n) is 4.73. The molecular weight excluding hydrogens is 208 g/mol. The van der Waals surface area contributed by atoms with Crippen molar-refractivity contribution < 1.29 is 19.4 Å². The van der Waals surface area contributed by atoms with Crippen molar-refractivity contribution in [2.75, 3.05) is 13.7 Å². The van der Waals surface area contributed by atoms with Crippen LogP contribution < -0.4 is 4.74 Å². The van der Waals surface area contributed by atoms with Gasteiger partial charge >= 0.3 is 5.97 Å². The molecule has 0 heterocycles. The highest BCUT2D eigenvalue weighted by Gasteiger charge is 2.12. The molecule has 86 valence electrons. The molecule has 1 aromatic rings. The topological polar surface area (TPSA) is 55.8 Å². The van der Waals surface area contributed by atoms with Gasteiger partial charge in [0.15, 0.2) is 0 Å². The van der Waals surface area contributed by atoms with Gasteiger partial charge in [-0.1, -0.05) is 6.58 Å². The number of phenols is 1. The van der Waals surface area contributed by atoms with E-state index < -0.39 is 5.97 Å². The van der Waals surface area contributed by atoms with Crippen LogP contribution in [0.4, 0.5) is 0 Å². The van der Waals surface area contributed by atoms with Gasteiger partial charge in [0.2, 0.25) is 0 Å². The number of carbonyl (C=O) groups is 1. The number of ether oxygens (including phenoxy) is 2. The maximum absolute atomic E-state index is 11.3. The molecule has 0 radical (unpaired) electrons. The van der Waals surface area contributed by atoms with Crippen LogP contribution >= 0.6 is 0 Å². The van der Waals surface area contributed by atoms with Crippen LogP contribution in [0.3, 0.4) is 0 Å². The molecule has 1 rings (SSSR count). The lowest BCUT2D eigenvalue weighted by Crippen LogP contribution is -2.03. The SMILES string of the molecule is C=C(C)COc1ccc(O)c(C(=O)OC)c1. The lowest BCUT2D eigenvalue weighted by Gasteiger charge is -2.08. The van der Waals surface area contributed by atoms with Crippen LogP contribution in [0.5, 0.6) is 11.5 Å². The van der Waals surface area contributed by atoms with Crippen LogP contribution in [0, 0.1) is 0 Å². The van der Waals surface area contributed by atoms with Crippen molar-refractivity contribution in [2.45, 2.75) is 6.92 Å². The molecule has 0 aliphatic rings. The van der Waals surface area contributed by atoms with Gasteiger partial charge in [0.25, 0.3) is 0 Å². The van der Waals surface area contributed by atoms with E-state index in [0.717, 1.165) is 5.57 Å². The molecule has 1 N–H and O–H groups in total. The molecule has 0 aliphatic heterocycles. The summed E-state index contributed by atoms with van der Waals surface area (Å²) in [6, 6.07) is 4.40. The molecule has 0 bridgehead atoms. The van der Waals surface area contributed by atoms with Gasteiger partial charge in [-0.15, -0.1) is 0 Å². The number of aromatic hydroxyl groups is 1. The first kappa shape index (κ1) is 12.1. The fourth-order valence-electron chi connectivity index (χ4n) is 1.08. The summed E-state index contributed by atoms with van der Waals surface area (Å²) in [5.41, 5.74) is 0.953. The first-order valence-corrected chi connectivity index (χ1v) is 4.73. The predicted octanol–water partition coefficient (Wildman–Crippen LogP) is 2.13. The Morgan fingerprint density at radius 3 is 2.75 bits per heavy atom. The highest BCUT2D eigenvalue weighted by Crippen LogP contribution is 2.23. The molecule has 16 heavy (non-hydrogen) atoms. The molecule has 4 heteroatoms. The van der Waals surface area contributed by atoms with Crippen LogP contribution in [-0.4, -0.2) is 24.8 Å². The van der Waals surface area contributed by atoms with Gasteiger partial charge in [-0.05, 0) is 30.7 Å². The minimum Gasteiger partial charge on any atom is -0.507 e. The molecule has 1 aromatic carbocycles. The minimum atomic E-state index is -0.599. The Bertz CT molecular complexity index is 409. The Morgan fingerprint density at radius 1 is 1.50 bits per heavy atom. The highest BCUT2D eigenvalue weighted by atomic mass is 16.5. The van der Waals surface area contributed by atoms with E-state index in [1.54, 1.807) is 6.07 Å². The van der Waals surface area contributed by atoms with Gasteiger partial charge in [-0.2, -0.15) is 0 Å². The molecule has 0 aliphatic carbocycles. The summed E-state index contributed by atoms with van der Waals surface area (Å²) in [5.74, 6) is -0.242. The van der Waals surface area contributed by atoms with E-state index in [1.165, 1.54) is 19.2 Å². The van der Waals surface area contributed by atoms with Crippen LogP contribution in [-0.2, 0) is 4.74 Å². The quantitative estimate of drug-likeness (QED) is 0.626. The van der Waals surface area contributed by atoms with E-state index in [2.05, 4.69) is 11.3 Å². The maximum atomic E-state index is 11.3. The average Bonchev–Trinajstić information content (AvgIpc) is 2.27. The van der Waals surface area contributed by atoms with Gasteiger partial charge in [0.05, 0.1) is 7.11 Å².